The zero-order valence-electron chi connectivity index (χ0n) is 12.5. The minimum absolute atomic E-state index is 0.446. The molecule has 0 aliphatic rings. The van der Waals surface area contributed by atoms with Gasteiger partial charge >= 0.3 is 0 Å². The molecule has 0 heterocycles. The summed E-state index contributed by atoms with van der Waals surface area (Å²) in [5.41, 5.74) is 4.12. The Hall–Kier alpha value is -0.340. The van der Waals surface area contributed by atoms with Gasteiger partial charge in [-0.15, -0.1) is 0 Å². The highest BCUT2D eigenvalue weighted by atomic mass is 79.9. The predicted molar refractivity (Wildman–Crippen MR) is 84.0 cm³/mol. The van der Waals surface area contributed by atoms with Crippen molar-refractivity contribution in [2.45, 2.75) is 47.6 Å². The first kappa shape index (κ1) is 15.7. The highest BCUT2D eigenvalue weighted by molar-refractivity contribution is 9.10. The van der Waals surface area contributed by atoms with E-state index in [-0.39, 0.29) is 0 Å². The van der Waals surface area contributed by atoms with E-state index in [1.807, 2.05) is 0 Å². The molecule has 2 atom stereocenters. The Kier molecular flexibility index (Phi) is 5.87. The SMILES string of the molecule is CCNC(c1cc(C)c(Br)cc1C)C(C)C(C)C. The van der Waals surface area contributed by atoms with Gasteiger partial charge in [0.15, 0.2) is 0 Å². The van der Waals surface area contributed by atoms with E-state index in [1.54, 1.807) is 0 Å². The van der Waals surface area contributed by atoms with Gasteiger partial charge in [0.1, 0.15) is 0 Å². The van der Waals surface area contributed by atoms with Crippen LogP contribution in [0.3, 0.4) is 0 Å². The molecule has 0 aromatic heterocycles. The van der Waals surface area contributed by atoms with Crippen molar-refractivity contribution >= 4 is 15.9 Å². The smallest absolute Gasteiger partial charge is 0.0351 e. The first-order chi connectivity index (χ1) is 8.38. The van der Waals surface area contributed by atoms with E-state index >= 15 is 0 Å². The molecule has 0 bridgehead atoms. The molecule has 1 aromatic carbocycles. The molecule has 0 aliphatic carbocycles. The van der Waals surface area contributed by atoms with Crippen molar-refractivity contribution in [2.24, 2.45) is 11.8 Å². The predicted octanol–water partition coefficient (Wildman–Crippen LogP) is 5.01. The van der Waals surface area contributed by atoms with Gasteiger partial charge in [0.05, 0.1) is 0 Å². The van der Waals surface area contributed by atoms with Crippen molar-refractivity contribution in [1.82, 2.24) is 5.32 Å². The summed E-state index contributed by atoms with van der Waals surface area (Å²) in [5.74, 6) is 1.31. The number of aryl methyl sites for hydroxylation is 2. The Bertz CT molecular complexity index is 398. The van der Waals surface area contributed by atoms with Crippen LogP contribution in [0.2, 0.25) is 0 Å². The summed E-state index contributed by atoms with van der Waals surface area (Å²) in [6, 6.07) is 5.01. The van der Waals surface area contributed by atoms with Crippen LogP contribution in [0.25, 0.3) is 0 Å². The molecule has 1 aromatic rings. The molecule has 1 N–H and O–H groups in total. The summed E-state index contributed by atoms with van der Waals surface area (Å²) in [7, 11) is 0. The average molecular weight is 312 g/mol. The molecule has 102 valence electrons. The lowest BCUT2D eigenvalue weighted by Gasteiger charge is -2.30. The van der Waals surface area contributed by atoms with Crippen LogP contribution in [-0.4, -0.2) is 6.54 Å². The fourth-order valence-corrected chi connectivity index (χ4v) is 2.78. The second kappa shape index (κ2) is 6.72. The first-order valence-electron chi connectivity index (χ1n) is 6.88. The van der Waals surface area contributed by atoms with Gasteiger partial charge in [-0.1, -0.05) is 49.7 Å². The van der Waals surface area contributed by atoms with Crippen molar-refractivity contribution in [1.29, 1.82) is 0 Å². The van der Waals surface area contributed by atoms with Gasteiger partial charge < -0.3 is 5.32 Å². The zero-order chi connectivity index (χ0) is 13.9. The van der Waals surface area contributed by atoms with Gasteiger partial charge in [-0.05, 0) is 55.0 Å². The first-order valence-corrected chi connectivity index (χ1v) is 7.67. The van der Waals surface area contributed by atoms with Gasteiger partial charge in [-0.3, -0.25) is 0 Å². The van der Waals surface area contributed by atoms with Gasteiger partial charge in [0, 0.05) is 10.5 Å². The van der Waals surface area contributed by atoms with Crippen LogP contribution in [0, 0.1) is 25.7 Å². The molecule has 2 heteroatoms. The molecular formula is C16H26BrN. The summed E-state index contributed by atoms with van der Waals surface area (Å²) in [6.07, 6.45) is 0. The molecule has 0 aliphatic heterocycles. The van der Waals surface area contributed by atoms with Crippen LogP contribution in [-0.2, 0) is 0 Å². The summed E-state index contributed by atoms with van der Waals surface area (Å²) in [6.45, 7) is 14.5. The number of nitrogens with one attached hydrogen (secondary N) is 1. The molecule has 1 nitrogen and oxygen atoms in total. The average Bonchev–Trinajstić information content (AvgIpc) is 2.30. The monoisotopic (exact) mass is 311 g/mol. The molecule has 0 amide bonds. The van der Waals surface area contributed by atoms with Crippen LogP contribution in [0.1, 0.15) is 50.4 Å². The minimum atomic E-state index is 0.446. The maximum Gasteiger partial charge on any atom is 0.0351 e. The number of halogens is 1. The van der Waals surface area contributed by atoms with E-state index < -0.39 is 0 Å². The third kappa shape index (κ3) is 3.58. The van der Waals surface area contributed by atoms with Crippen molar-refractivity contribution in [3.05, 3.63) is 33.3 Å². The summed E-state index contributed by atoms with van der Waals surface area (Å²) >= 11 is 3.61. The Morgan fingerprint density at radius 3 is 2.22 bits per heavy atom. The lowest BCUT2D eigenvalue weighted by Crippen LogP contribution is -2.30. The minimum Gasteiger partial charge on any atom is -0.310 e. The molecular weight excluding hydrogens is 286 g/mol. The molecule has 0 saturated carbocycles. The summed E-state index contributed by atoms with van der Waals surface area (Å²) in [5, 5.41) is 3.65. The Morgan fingerprint density at radius 2 is 1.72 bits per heavy atom. The number of benzene rings is 1. The van der Waals surface area contributed by atoms with Gasteiger partial charge in [-0.25, -0.2) is 0 Å². The van der Waals surface area contributed by atoms with E-state index in [2.05, 4.69) is 74.9 Å². The highest BCUT2D eigenvalue weighted by Crippen LogP contribution is 2.32. The normalized spacial score (nSPS) is 14.9. The zero-order valence-corrected chi connectivity index (χ0v) is 14.1. The van der Waals surface area contributed by atoms with E-state index in [0.717, 1.165) is 6.54 Å². The molecule has 0 saturated heterocycles. The van der Waals surface area contributed by atoms with Crippen molar-refractivity contribution in [2.75, 3.05) is 6.54 Å². The molecule has 1 rings (SSSR count). The van der Waals surface area contributed by atoms with E-state index in [4.69, 9.17) is 0 Å². The molecule has 0 fully saturated rings. The van der Waals surface area contributed by atoms with Gasteiger partial charge in [-0.2, -0.15) is 0 Å². The van der Waals surface area contributed by atoms with Crippen LogP contribution in [0.4, 0.5) is 0 Å². The van der Waals surface area contributed by atoms with Crippen molar-refractivity contribution in [3.63, 3.8) is 0 Å². The molecule has 18 heavy (non-hydrogen) atoms. The third-order valence-electron chi connectivity index (χ3n) is 3.88. The topological polar surface area (TPSA) is 12.0 Å². The van der Waals surface area contributed by atoms with E-state index in [0.29, 0.717) is 17.9 Å². The maximum atomic E-state index is 3.65. The van der Waals surface area contributed by atoms with Crippen molar-refractivity contribution in [3.8, 4) is 0 Å². The lowest BCUT2D eigenvalue weighted by atomic mass is 9.84. The number of hydrogen-bond acceptors (Lipinski definition) is 1. The standard InChI is InChI=1S/C16H26BrN/c1-7-18-16(13(6)10(2)3)14-8-12(5)15(17)9-11(14)4/h8-10,13,16,18H,7H2,1-6H3. The second-order valence-corrected chi connectivity index (χ2v) is 6.45. The Morgan fingerprint density at radius 1 is 1.11 bits per heavy atom. The van der Waals surface area contributed by atoms with Gasteiger partial charge in [0.25, 0.3) is 0 Å². The molecule has 2 unspecified atom stereocenters. The van der Waals surface area contributed by atoms with Crippen LogP contribution in [0.15, 0.2) is 16.6 Å². The molecule has 0 spiro atoms. The Labute approximate surface area is 120 Å². The molecule has 0 radical (unpaired) electrons. The lowest BCUT2D eigenvalue weighted by molar-refractivity contribution is 0.306. The fraction of sp³-hybridized carbons (Fsp3) is 0.625. The van der Waals surface area contributed by atoms with E-state index in [1.165, 1.54) is 21.2 Å². The van der Waals surface area contributed by atoms with Crippen LogP contribution < -0.4 is 5.32 Å². The quantitative estimate of drug-likeness (QED) is 0.806. The van der Waals surface area contributed by atoms with E-state index in [9.17, 15) is 0 Å². The maximum absolute atomic E-state index is 3.65. The summed E-state index contributed by atoms with van der Waals surface area (Å²) in [4.78, 5) is 0. The Balaban J connectivity index is 3.17. The largest absolute Gasteiger partial charge is 0.310 e. The van der Waals surface area contributed by atoms with Crippen molar-refractivity contribution < 1.29 is 0 Å². The number of hydrogen-bond donors (Lipinski definition) is 1. The summed E-state index contributed by atoms with van der Waals surface area (Å²) < 4.78 is 1.20. The van der Waals surface area contributed by atoms with Gasteiger partial charge in [0.2, 0.25) is 0 Å². The number of rotatable bonds is 5. The van der Waals surface area contributed by atoms with Crippen LogP contribution >= 0.6 is 15.9 Å². The van der Waals surface area contributed by atoms with Crippen LogP contribution in [0.5, 0.6) is 0 Å². The second-order valence-electron chi connectivity index (χ2n) is 5.60. The highest BCUT2D eigenvalue weighted by Gasteiger charge is 2.23. The third-order valence-corrected chi connectivity index (χ3v) is 4.74. The fourth-order valence-electron chi connectivity index (χ4n) is 2.32.